The number of benzene rings is 1. The Morgan fingerprint density at radius 2 is 2.00 bits per heavy atom. The summed E-state index contributed by atoms with van der Waals surface area (Å²) in [6.07, 6.45) is 1.34. The van der Waals surface area contributed by atoms with E-state index in [0.29, 0.717) is 32.0 Å². The minimum Gasteiger partial charge on any atom is -0.490 e. The van der Waals surface area contributed by atoms with Gasteiger partial charge in [-0.15, -0.1) is 0 Å². The topological polar surface area (TPSA) is 44.5 Å². The third-order valence-corrected chi connectivity index (χ3v) is 3.41. The standard InChI is InChI=1S/C15H23ClFNO2/c1-10(2)13(18)8-11-7-12(16)15(17)14(9-11)20-6-4-5-19-3/h7,9-10,13H,4-6,8,18H2,1-3H3/t13-/m0/s1. The minimum atomic E-state index is -0.522. The van der Waals surface area contributed by atoms with Crippen molar-refractivity contribution in [3.63, 3.8) is 0 Å². The van der Waals surface area contributed by atoms with E-state index in [-0.39, 0.29) is 16.8 Å². The summed E-state index contributed by atoms with van der Waals surface area (Å²) < 4.78 is 24.2. The summed E-state index contributed by atoms with van der Waals surface area (Å²) in [5, 5.41) is 0.0696. The van der Waals surface area contributed by atoms with E-state index < -0.39 is 5.82 Å². The van der Waals surface area contributed by atoms with Crippen molar-refractivity contribution < 1.29 is 13.9 Å². The molecule has 2 N–H and O–H groups in total. The first-order chi connectivity index (χ1) is 9.45. The minimum absolute atomic E-state index is 0.0119. The Hall–Kier alpha value is -0.840. The largest absolute Gasteiger partial charge is 0.490 e. The van der Waals surface area contributed by atoms with Crippen LogP contribution in [0, 0.1) is 11.7 Å². The lowest BCUT2D eigenvalue weighted by Gasteiger charge is -2.17. The summed E-state index contributed by atoms with van der Waals surface area (Å²) in [6, 6.07) is 3.30. The van der Waals surface area contributed by atoms with Crippen molar-refractivity contribution >= 4 is 11.6 Å². The van der Waals surface area contributed by atoms with E-state index in [1.807, 2.05) is 0 Å². The van der Waals surface area contributed by atoms with Gasteiger partial charge in [0.05, 0.1) is 11.6 Å². The Balaban J connectivity index is 2.75. The van der Waals surface area contributed by atoms with Crippen LogP contribution >= 0.6 is 11.6 Å². The van der Waals surface area contributed by atoms with Crippen LogP contribution in [0.4, 0.5) is 4.39 Å². The summed E-state index contributed by atoms with van der Waals surface area (Å²) in [5.74, 6) is 0.00964. The molecule has 0 saturated heterocycles. The van der Waals surface area contributed by atoms with Crippen molar-refractivity contribution in [2.24, 2.45) is 11.7 Å². The van der Waals surface area contributed by atoms with Gasteiger partial charge in [-0.25, -0.2) is 4.39 Å². The van der Waals surface area contributed by atoms with Crippen LogP contribution in [0.1, 0.15) is 25.8 Å². The Labute approximate surface area is 125 Å². The average Bonchev–Trinajstić information content (AvgIpc) is 2.39. The maximum atomic E-state index is 13.9. The van der Waals surface area contributed by atoms with Gasteiger partial charge in [0.1, 0.15) is 0 Å². The molecule has 0 radical (unpaired) electrons. The first-order valence-electron chi connectivity index (χ1n) is 6.81. The molecule has 0 aliphatic rings. The number of ether oxygens (including phenoxy) is 2. The Bertz CT molecular complexity index is 427. The molecule has 3 nitrogen and oxygen atoms in total. The maximum absolute atomic E-state index is 13.9. The summed E-state index contributed by atoms with van der Waals surface area (Å²) in [4.78, 5) is 0. The highest BCUT2D eigenvalue weighted by atomic mass is 35.5. The smallest absolute Gasteiger partial charge is 0.183 e. The van der Waals surface area contributed by atoms with Gasteiger partial charge < -0.3 is 15.2 Å². The van der Waals surface area contributed by atoms with Crippen LogP contribution < -0.4 is 10.5 Å². The van der Waals surface area contributed by atoms with Crippen LogP contribution in [0.15, 0.2) is 12.1 Å². The first-order valence-corrected chi connectivity index (χ1v) is 7.18. The van der Waals surface area contributed by atoms with Gasteiger partial charge in [-0.3, -0.25) is 0 Å². The second-order valence-corrected chi connectivity index (χ2v) is 5.60. The number of nitrogens with two attached hydrogens (primary N) is 1. The van der Waals surface area contributed by atoms with Crippen molar-refractivity contribution in [3.8, 4) is 5.75 Å². The Kier molecular flexibility index (Phi) is 7.27. The molecule has 0 spiro atoms. The van der Waals surface area contributed by atoms with Crippen molar-refractivity contribution in [3.05, 3.63) is 28.5 Å². The molecule has 0 bridgehead atoms. The third kappa shape index (κ3) is 5.27. The molecule has 0 aliphatic heterocycles. The number of methoxy groups -OCH3 is 1. The zero-order valence-electron chi connectivity index (χ0n) is 12.3. The Morgan fingerprint density at radius 1 is 1.30 bits per heavy atom. The van der Waals surface area contributed by atoms with Crippen molar-refractivity contribution in [1.82, 2.24) is 0 Å². The molecule has 0 saturated carbocycles. The van der Waals surface area contributed by atoms with Gasteiger partial charge in [-0.05, 0) is 30.0 Å². The van der Waals surface area contributed by atoms with E-state index in [2.05, 4.69) is 13.8 Å². The summed E-state index contributed by atoms with van der Waals surface area (Å²) >= 11 is 5.90. The second kappa shape index (κ2) is 8.45. The Morgan fingerprint density at radius 3 is 2.60 bits per heavy atom. The molecule has 1 rings (SSSR count). The molecule has 5 heteroatoms. The first kappa shape index (κ1) is 17.2. The maximum Gasteiger partial charge on any atom is 0.183 e. The van der Waals surface area contributed by atoms with Crippen LogP contribution in [0.2, 0.25) is 5.02 Å². The quantitative estimate of drug-likeness (QED) is 0.748. The normalized spacial score (nSPS) is 12.8. The van der Waals surface area contributed by atoms with E-state index in [9.17, 15) is 4.39 Å². The van der Waals surface area contributed by atoms with E-state index in [4.69, 9.17) is 26.8 Å². The predicted octanol–water partition coefficient (Wildman–Crippen LogP) is 3.42. The van der Waals surface area contributed by atoms with E-state index >= 15 is 0 Å². The predicted molar refractivity (Wildman–Crippen MR) is 79.9 cm³/mol. The van der Waals surface area contributed by atoms with Crippen LogP contribution in [0.25, 0.3) is 0 Å². The fourth-order valence-corrected chi connectivity index (χ4v) is 1.97. The van der Waals surface area contributed by atoms with Gasteiger partial charge in [-0.2, -0.15) is 0 Å². The summed E-state index contributed by atoms with van der Waals surface area (Å²) in [7, 11) is 1.62. The van der Waals surface area contributed by atoms with Gasteiger partial charge in [0.2, 0.25) is 0 Å². The molecule has 0 fully saturated rings. The molecule has 0 heterocycles. The zero-order valence-corrected chi connectivity index (χ0v) is 13.0. The molecule has 0 amide bonds. The highest BCUT2D eigenvalue weighted by Crippen LogP contribution is 2.28. The van der Waals surface area contributed by atoms with E-state index in [0.717, 1.165) is 5.56 Å². The third-order valence-electron chi connectivity index (χ3n) is 3.13. The monoisotopic (exact) mass is 303 g/mol. The molecular weight excluding hydrogens is 281 g/mol. The molecular formula is C15H23ClFNO2. The van der Waals surface area contributed by atoms with Crippen molar-refractivity contribution in [2.45, 2.75) is 32.7 Å². The van der Waals surface area contributed by atoms with Crippen LogP contribution in [-0.4, -0.2) is 26.4 Å². The lowest BCUT2D eigenvalue weighted by molar-refractivity contribution is 0.170. The number of halogens is 2. The molecule has 1 aromatic rings. The van der Waals surface area contributed by atoms with Crippen LogP contribution in [-0.2, 0) is 11.2 Å². The van der Waals surface area contributed by atoms with Gasteiger partial charge in [-0.1, -0.05) is 25.4 Å². The molecule has 20 heavy (non-hydrogen) atoms. The van der Waals surface area contributed by atoms with Gasteiger partial charge in [0, 0.05) is 26.2 Å². The number of rotatable bonds is 8. The number of hydrogen-bond donors (Lipinski definition) is 1. The van der Waals surface area contributed by atoms with Crippen molar-refractivity contribution in [1.29, 1.82) is 0 Å². The van der Waals surface area contributed by atoms with E-state index in [1.54, 1.807) is 19.2 Å². The lowest BCUT2D eigenvalue weighted by Crippen LogP contribution is -2.28. The van der Waals surface area contributed by atoms with Crippen LogP contribution in [0.5, 0.6) is 5.75 Å². The van der Waals surface area contributed by atoms with Crippen LogP contribution in [0.3, 0.4) is 0 Å². The molecule has 114 valence electrons. The highest BCUT2D eigenvalue weighted by Gasteiger charge is 2.14. The average molecular weight is 304 g/mol. The summed E-state index contributed by atoms with van der Waals surface area (Å²) in [5.41, 5.74) is 6.92. The molecule has 1 aromatic carbocycles. The SMILES string of the molecule is COCCCOc1cc(C[C@H](N)C(C)C)cc(Cl)c1F. The molecule has 0 aromatic heterocycles. The van der Waals surface area contributed by atoms with Gasteiger partial charge >= 0.3 is 0 Å². The van der Waals surface area contributed by atoms with Crippen molar-refractivity contribution in [2.75, 3.05) is 20.3 Å². The van der Waals surface area contributed by atoms with Gasteiger partial charge in [0.25, 0.3) is 0 Å². The van der Waals surface area contributed by atoms with Gasteiger partial charge in [0.15, 0.2) is 11.6 Å². The fourth-order valence-electron chi connectivity index (χ4n) is 1.73. The van der Waals surface area contributed by atoms with E-state index in [1.165, 1.54) is 0 Å². The number of hydrogen-bond acceptors (Lipinski definition) is 3. The fraction of sp³-hybridized carbons (Fsp3) is 0.600. The highest BCUT2D eigenvalue weighted by molar-refractivity contribution is 6.31. The summed E-state index contributed by atoms with van der Waals surface area (Å²) in [6.45, 7) is 5.07. The zero-order chi connectivity index (χ0) is 15.1. The lowest BCUT2D eigenvalue weighted by atomic mass is 9.97. The molecule has 0 unspecified atom stereocenters. The second-order valence-electron chi connectivity index (χ2n) is 5.20. The molecule has 0 aliphatic carbocycles. The molecule has 1 atom stereocenters.